The molecule has 3 heteroatoms. The Balaban J connectivity index is 2.14. The lowest BCUT2D eigenvalue weighted by Gasteiger charge is -2.14. The van der Waals surface area contributed by atoms with Crippen molar-refractivity contribution in [3.63, 3.8) is 0 Å². The van der Waals surface area contributed by atoms with Crippen molar-refractivity contribution in [1.29, 1.82) is 0 Å². The van der Waals surface area contributed by atoms with Gasteiger partial charge in [0.25, 0.3) is 0 Å². The normalized spacial score (nSPS) is 15.0. The van der Waals surface area contributed by atoms with E-state index >= 15 is 0 Å². The van der Waals surface area contributed by atoms with Gasteiger partial charge in [-0.1, -0.05) is 13.8 Å². The molecular formula is C15H17FN2. The highest BCUT2D eigenvalue weighted by Gasteiger charge is 2.20. The average Bonchev–Trinajstić information content (AvgIpc) is 2.68. The maximum Gasteiger partial charge on any atom is 0.123 e. The minimum atomic E-state index is -0.169. The largest absolute Gasteiger partial charge is 0.353 e. The summed E-state index contributed by atoms with van der Waals surface area (Å²) in [7, 11) is 0. The topological polar surface area (TPSA) is 28.1 Å². The summed E-state index contributed by atoms with van der Waals surface area (Å²) >= 11 is 0. The molecule has 0 atom stereocenters. The fraction of sp³-hybridized carbons (Fsp3) is 0.400. The van der Waals surface area contributed by atoms with Gasteiger partial charge >= 0.3 is 0 Å². The van der Waals surface area contributed by atoms with E-state index in [4.69, 9.17) is 0 Å². The van der Waals surface area contributed by atoms with E-state index < -0.39 is 0 Å². The van der Waals surface area contributed by atoms with E-state index in [1.807, 2.05) is 6.07 Å². The van der Waals surface area contributed by atoms with Crippen molar-refractivity contribution in [3.05, 3.63) is 35.3 Å². The summed E-state index contributed by atoms with van der Waals surface area (Å²) in [4.78, 5) is 8.02. The van der Waals surface area contributed by atoms with Crippen LogP contribution >= 0.6 is 0 Å². The number of halogens is 1. The number of nitrogens with one attached hydrogen (secondary N) is 1. The van der Waals surface area contributed by atoms with Crippen LogP contribution in [0.15, 0.2) is 23.2 Å². The molecule has 0 saturated carbocycles. The van der Waals surface area contributed by atoms with Crippen molar-refractivity contribution in [2.24, 2.45) is 10.9 Å². The fourth-order valence-corrected chi connectivity index (χ4v) is 2.66. The second-order valence-electron chi connectivity index (χ2n) is 5.34. The molecule has 94 valence electrons. The molecule has 1 aromatic carbocycles. The number of rotatable bonds is 2. The number of aromatic nitrogens is 1. The molecule has 2 aromatic rings. The minimum absolute atomic E-state index is 0.169. The third kappa shape index (κ3) is 1.84. The van der Waals surface area contributed by atoms with Crippen LogP contribution in [0.1, 0.15) is 31.5 Å². The van der Waals surface area contributed by atoms with Crippen molar-refractivity contribution in [2.45, 2.75) is 26.7 Å². The number of hydrogen-bond donors (Lipinski definition) is 1. The zero-order valence-electron chi connectivity index (χ0n) is 10.8. The fourth-order valence-electron chi connectivity index (χ4n) is 2.66. The first-order chi connectivity index (χ1) is 8.65. The Kier molecular flexibility index (Phi) is 2.69. The highest BCUT2D eigenvalue weighted by Crippen LogP contribution is 2.28. The summed E-state index contributed by atoms with van der Waals surface area (Å²) in [5.41, 5.74) is 4.51. The molecule has 0 amide bonds. The van der Waals surface area contributed by atoms with Gasteiger partial charge in [0.05, 0.1) is 11.4 Å². The quantitative estimate of drug-likeness (QED) is 0.834. The van der Waals surface area contributed by atoms with Crippen LogP contribution in [-0.4, -0.2) is 17.2 Å². The third-order valence-electron chi connectivity index (χ3n) is 3.42. The zero-order valence-corrected chi connectivity index (χ0v) is 10.8. The molecule has 0 aliphatic carbocycles. The summed E-state index contributed by atoms with van der Waals surface area (Å²) in [6.07, 6.45) is 1.88. The van der Waals surface area contributed by atoms with Crippen molar-refractivity contribution in [3.8, 4) is 0 Å². The van der Waals surface area contributed by atoms with Crippen molar-refractivity contribution in [1.82, 2.24) is 4.98 Å². The molecule has 2 heterocycles. The van der Waals surface area contributed by atoms with Crippen LogP contribution in [0.25, 0.3) is 10.9 Å². The lowest BCUT2D eigenvalue weighted by atomic mass is 9.97. The minimum Gasteiger partial charge on any atom is -0.353 e. The molecular weight excluding hydrogens is 227 g/mol. The van der Waals surface area contributed by atoms with Crippen LogP contribution < -0.4 is 0 Å². The second kappa shape index (κ2) is 4.23. The van der Waals surface area contributed by atoms with E-state index in [0.717, 1.165) is 41.7 Å². The van der Waals surface area contributed by atoms with Crippen LogP contribution in [0.3, 0.4) is 0 Å². The number of H-pyrrole nitrogens is 1. The number of aromatic amines is 1. The Hall–Kier alpha value is -1.64. The highest BCUT2D eigenvalue weighted by atomic mass is 19.1. The van der Waals surface area contributed by atoms with Gasteiger partial charge < -0.3 is 4.98 Å². The maximum atomic E-state index is 13.3. The molecule has 0 unspecified atom stereocenters. The molecule has 18 heavy (non-hydrogen) atoms. The summed E-state index contributed by atoms with van der Waals surface area (Å²) in [5.74, 6) is 0.412. The molecule has 0 saturated heterocycles. The molecule has 0 fully saturated rings. The molecule has 0 spiro atoms. The van der Waals surface area contributed by atoms with E-state index in [1.165, 1.54) is 11.6 Å². The lowest BCUT2D eigenvalue weighted by Crippen LogP contribution is -2.14. The Morgan fingerprint density at radius 3 is 3.00 bits per heavy atom. The first kappa shape index (κ1) is 11.5. The first-order valence-electron chi connectivity index (χ1n) is 6.49. The van der Waals surface area contributed by atoms with Crippen LogP contribution in [-0.2, 0) is 6.42 Å². The number of benzene rings is 1. The van der Waals surface area contributed by atoms with Crippen LogP contribution in [0.4, 0.5) is 4.39 Å². The van der Waals surface area contributed by atoms with Crippen LogP contribution in [0.2, 0.25) is 0 Å². The predicted molar refractivity (Wildman–Crippen MR) is 72.8 cm³/mol. The number of aliphatic imine (C=N–C) groups is 1. The molecule has 0 radical (unpaired) electrons. The van der Waals surface area contributed by atoms with Gasteiger partial charge in [0, 0.05) is 17.4 Å². The lowest BCUT2D eigenvalue weighted by molar-refractivity contribution is 0.629. The molecule has 3 rings (SSSR count). The molecule has 1 N–H and O–H groups in total. The molecule has 1 aromatic heterocycles. The van der Waals surface area contributed by atoms with Gasteiger partial charge in [-0.2, -0.15) is 0 Å². The van der Waals surface area contributed by atoms with E-state index in [0.29, 0.717) is 5.92 Å². The van der Waals surface area contributed by atoms with E-state index in [2.05, 4.69) is 23.8 Å². The van der Waals surface area contributed by atoms with Gasteiger partial charge in [-0.3, -0.25) is 4.99 Å². The zero-order chi connectivity index (χ0) is 12.7. The van der Waals surface area contributed by atoms with Gasteiger partial charge in [-0.15, -0.1) is 0 Å². The summed E-state index contributed by atoms with van der Waals surface area (Å²) < 4.78 is 13.3. The summed E-state index contributed by atoms with van der Waals surface area (Å²) in [6, 6.07) is 4.95. The van der Waals surface area contributed by atoms with Crippen LogP contribution in [0.5, 0.6) is 0 Å². The number of fused-ring (bicyclic) bond motifs is 3. The monoisotopic (exact) mass is 244 g/mol. The van der Waals surface area contributed by atoms with E-state index in [9.17, 15) is 4.39 Å². The van der Waals surface area contributed by atoms with Gasteiger partial charge in [-0.05, 0) is 42.5 Å². The summed E-state index contributed by atoms with van der Waals surface area (Å²) in [6.45, 7) is 5.21. The Morgan fingerprint density at radius 1 is 1.39 bits per heavy atom. The smallest absolute Gasteiger partial charge is 0.123 e. The second-order valence-corrected chi connectivity index (χ2v) is 5.34. The van der Waals surface area contributed by atoms with Crippen molar-refractivity contribution >= 4 is 16.6 Å². The molecule has 1 aliphatic rings. The van der Waals surface area contributed by atoms with Crippen molar-refractivity contribution in [2.75, 3.05) is 6.54 Å². The molecule has 0 bridgehead atoms. The van der Waals surface area contributed by atoms with Crippen LogP contribution in [0, 0.1) is 11.7 Å². The number of nitrogens with zero attached hydrogens (tertiary/aromatic N) is 1. The maximum absolute atomic E-state index is 13.3. The predicted octanol–water partition coefficient (Wildman–Crippen LogP) is 3.70. The standard InChI is InChI=1S/C15H17FN2/c1-9(2)7-14-15-11(5-6-17-14)12-8-10(16)3-4-13(12)18-15/h3-4,8-9,18H,5-7H2,1-2H3. The molecule has 1 aliphatic heterocycles. The Morgan fingerprint density at radius 2 is 2.22 bits per heavy atom. The third-order valence-corrected chi connectivity index (χ3v) is 3.42. The van der Waals surface area contributed by atoms with E-state index in [-0.39, 0.29) is 5.82 Å². The van der Waals surface area contributed by atoms with Gasteiger partial charge in [-0.25, -0.2) is 4.39 Å². The van der Waals surface area contributed by atoms with Gasteiger partial charge in [0.2, 0.25) is 0 Å². The first-order valence-corrected chi connectivity index (χ1v) is 6.49. The highest BCUT2D eigenvalue weighted by molar-refractivity contribution is 6.06. The number of hydrogen-bond acceptors (Lipinski definition) is 1. The Labute approximate surface area is 106 Å². The van der Waals surface area contributed by atoms with Gasteiger partial charge in [0.15, 0.2) is 0 Å². The SMILES string of the molecule is CC(C)CC1=NCCc2c1[nH]c1ccc(F)cc21. The summed E-state index contributed by atoms with van der Waals surface area (Å²) in [5, 5.41) is 1.01. The average molecular weight is 244 g/mol. The van der Waals surface area contributed by atoms with Crippen molar-refractivity contribution < 1.29 is 4.39 Å². The van der Waals surface area contributed by atoms with Gasteiger partial charge in [0.1, 0.15) is 5.82 Å². The molecule has 2 nitrogen and oxygen atoms in total. The van der Waals surface area contributed by atoms with E-state index in [1.54, 1.807) is 6.07 Å². The Bertz CT molecular complexity index is 623.